The molecule has 2 aliphatic rings. The molecule has 0 radical (unpaired) electrons. The third kappa shape index (κ3) is 1.23. The van der Waals surface area contributed by atoms with Crippen molar-refractivity contribution >= 4 is 0 Å². The molecule has 1 unspecified atom stereocenters. The summed E-state index contributed by atoms with van der Waals surface area (Å²) in [7, 11) is 0. The number of aliphatic hydroxyl groups excluding tert-OH is 1. The molecule has 0 spiro atoms. The van der Waals surface area contributed by atoms with E-state index in [1.807, 2.05) is 12.1 Å². The fraction of sp³-hybridized carbons (Fsp3) is 0.500. The Balaban J connectivity index is 2.13. The quantitative estimate of drug-likeness (QED) is 0.703. The Morgan fingerprint density at radius 3 is 2.93 bits per heavy atom. The molecule has 3 rings (SSSR count). The van der Waals surface area contributed by atoms with Gasteiger partial charge in [0.25, 0.3) is 0 Å². The highest BCUT2D eigenvalue weighted by Gasteiger charge is 2.36. The molecule has 0 fully saturated rings. The molecule has 1 aromatic rings. The van der Waals surface area contributed by atoms with E-state index in [4.69, 9.17) is 9.47 Å². The molecular weight excluding hydrogens is 192 g/mol. The first-order valence-electron chi connectivity index (χ1n) is 5.22. The SMILES string of the molecule is CC1(C)Cc2ccc3c(c2O1)OCC3O. The molecule has 0 aromatic heterocycles. The van der Waals surface area contributed by atoms with Crippen LogP contribution in [0.5, 0.6) is 11.5 Å². The molecule has 1 aromatic carbocycles. The van der Waals surface area contributed by atoms with Crippen LogP contribution in [0.3, 0.4) is 0 Å². The van der Waals surface area contributed by atoms with Crippen LogP contribution in [0.1, 0.15) is 31.1 Å². The van der Waals surface area contributed by atoms with Gasteiger partial charge in [-0.05, 0) is 13.8 Å². The van der Waals surface area contributed by atoms with E-state index in [-0.39, 0.29) is 5.60 Å². The second kappa shape index (κ2) is 2.67. The fourth-order valence-electron chi connectivity index (χ4n) is 2.30. The predicted molar refractivity (Wildman–Crippen MR) is 55.3 cm³/mol. The molecule has 0 saturated heterocycles. The van der Waals surface area contributed by atoms with Crippen molar-refractivity contribution in [1.82, 2.24) is 0 Å². The maximum absolute atomic E-state index is 9.66. The summed E-state index contributed by atoms with van der Waals surface area (Å²) >= 11 is 0. The minimum Gasteiger partial charge on any atom is -0.486 e. The average molecular weight is 206 g/mol. The molecule has 0 aliphatic carbocycles. The van der Waals surface area contributed by atoms with Crippen LogP contribution < -0.4 is 9.47 Å². The Bertz CT molecular complexity index is 423. The lowest BCUT2D eigenvalue weighted by Gasteiger charge is -2.17. The van der Waals surface area contributed by atoms with Crippen molar-refractivity contribution in [1.29, 1.82) is 0 Å². The van der Waals surface area contributed by atoms with Gasteiger partial charge in [0.1, 0.15) is 18.3 Å². The number of hydrogen-bond donors (Lipinski definition) is 1. The lowest BCUT2D eigenvalue weighted by atomic mass is 10.00. The summed E-state index contributed by atoms with van der Waals surface area (Å²) in [6.45, 7) is 4.46. The maximum Gasteiger partial charge on any atom is 0.167 e. The molecule has 80 valence electrons. The number of rotatable bonds is 0. The van der Waals surface area contributed by atoms with E-state index in [0.29, 0.717) is 6.61 Å². The lowest BCUT2D eigenvalue weighted by molar-refractivity contribution is 0.125. The van der Waals surface area contributed by atoms with Crippen LogP contribution in [0.4, 0.5) is 0 Å². The standard InChI is InChI=1S/C12H14O3/c1-12(2)5-7-3-4-8-9(13)6-14-11(8)10(7)15-12/h3-4,9,13H,5-6H2,1-2H3. The Morgan fingerprint density at radius 1 is 1.33 bits per heavy atom. The first-order valence-corrected chi connectivity index (χ1v) is 5.22. The van der Waals surface area contributed by atoms with Crippen molar-refractivity contribution < 1.29 is 14.6 Å². The van der Waals surface area contributed by atoms with Gasteiger partial charge in [-0.25, -0.2) is 0 Å². The van der Waals surface area contributed by atoms with E-state index in [9.17, 15) is 5.11 Å². The van der Waals surface area contributed by atoms with Crippen molar-refractivity contribution in [3.8, 4) is 11.5 Å². The molecule has 3 nitrogen and oxygen atoms in total. The zero-order valence-electron chi connectivity index (χ0n) is 8.91. The van der Waals surface area contributed by atoms with Gasteiger partial charge in [-0.15, -0.1) is 0 Å². The van der Waals surface area contributed by atoms with E-state index in [1.54, 1.807) is 0 Å². The van der Waals surface area contributed by atoms with E-state index in [2.05, 4.69) is 13.8 Å². The molecule has 2 heterocycles. The van der Waals surface area contributed by atoms with Gasteiger partial charge in [0.05, 0.1) is 0 Å². The zero-order valence-corrected chi connectivity index (χ0v) is 8.91. The number of ether oxygens (including phenoxy) is 2. The van der Waals surface area contributed by atoms with Gasteiger partial charge in [-0.1, -0.05) is 12.1 Å². The minimum atomic E-state index is -0.502. The molecule has 3 heteroatoms. The van der Waals surface area contributed by atoms with Crippen LogP contribution in [0, 0.1) is 0 Å². The monoisotopic (exact) mass is 206 g/mol. The van der Waals surface area contributed by atoms with Crippen LogP contribution in [0.15, 0.2) is 12.1 Å². The summed E-state index contributed by atoms with van der Waals surface area (Å²) in [5.74, 6) is 1.57. The molecule has 1 N–H and O–H groups in total. The second-order valence-corrected chi connectivity index (χ2v) is 4.84. The predicted octanol–water partition coefficient (Wildman–Crippen LogP) is 1.83. The van der Waals surface area contributed by atoms with Crippen LogP contribution in [0.25, 0.3) is 0 Å². The summed E-state index contributed by atoms with van der Waals surface area (Å²) in [4.78, 5) is 0. The Hall–Kier alpha value is -1.22. The van der Waals surface area contributed by atoms with Gasteiger partial charge in [-0.2, -0.15) is 0 Å². The van der Waals surface area contributed by atoms with Crippen LogP contribution in [-0.4, -0.2) is 17.3 Å². The molecule has 15 heavy (non-hydrogen) atoms. The molecular formula is C12H14O3. The van der Waals surface area contributed by atoms with Gasteiger partial charge in [0.2, 0.25) is 0 Å². The zero-order chi connectivity index (χ0) is 10.6. The normalized spacial score (nSPS) is 25.4. The highest BCUT2D eigenvalue weighted by atomic mass is 16.5. The smallest absolute Gasteiger partial charge is 0.167 e. The van der Waals surface area contributed by atoms with Crippen molar-refractivity contribution in [2.75, 3.05) is 6.61 Å². The van der Waals surface area contributed by atoms with Crippen LogP contribution in [-0.2, 0) is 6.42 Å². The first-order chi connectivity index (χ1) is 7.07. The maximum atomic E-state index is 9.66. The van der Waals surface area contributed by atoms with Gasteiger partial charge in [0.15, 0.2) is 11.5 Å². The summed E-state index contributed by atoms with van der Waals surface area (Å²) in [6, 6.07) is 3.97. The van der Waals surface area contributed by atoms with E-state index in [0.717, 1.165) is 23.5 Å². The highest BCUT2D eigenvalue weighted by molar-refractivity contribution is 5.57. The average Bonchev–Trinajstić information content (AvgIpc) is 2.65. The highest BCUT2D eigenvalue weighted by Crippen LogP contribution is 2.48. The van der Waals surface area contributed by atoms with E-state index in [1.165, 1.54) is 5.56 Å². The summed E-state index contributed by atoms with van der Waals surface area (Å²) in [6.07, 6.45) is 0.396. The minimum absolute atomic E-state index is 0.158. The molecule has 0 amide bonds. The van der Waals surface area contributed by atoms with Gasteiger partial charge in [-0.3, -0.25) is 0 Å². The first kappa shape index (κ1) is 9.04. The second-order valence-electron chi connectivity index (χ2n) is 4.84. The van der Waals surface area contributed by atoms with Crippen LogP contribution in [0.2, 0.25) is 0 Å². The summed E-state index contributed by atoms with van der Waals surface area (Å²) in [5, 5.41) is 9.66. The third-order valence-corrected chi connectivity index (χ3v) is 2.96. The number of hydrogen-bond acceptors (Lipinski definition) is 3. The Kier molecular flexibility index (Phi) is 1.61. The summed E-state index contributed by atoms with van der Waals surface area (Å²) < 4.78 is 11.3. The van der Waals surface area contributed by atoms with Crippen molar-refractivity contribution in [3.63, 3.8) is 0 Å². The Morgan fingerprint density at radius 2 is 2.13 bits per heavy atom. The largest absolute Gasteiger partial charge is 0.486 e. The molecule has 1 atom stereocenters. The lowest BCUT2D eigenvalue weighted by Crippen LogP contribution is -2.24. The van der Waals surface area contributed by atoms with Gasteiger partial charge in [0, 0.05) is 17.5 Å². The third-order valence-electron chi connectivity index (χ3n) is 2.96. The van der Waals surface area contributed by atoms with Crippen molar-refractivity contribution in [2.24, 2.45) is 0 Å². The molecule has 2 aliphatic heterocycles. The fourth-order valence-corrected chi connectivity index (χ4v) is 2.30. The summed E-state index contributed by atoms with van der Waals surface area (Å²) in [5.41, 5.74) is 1.87. The number of aliphatic hydroxyl groups is 1. The van der Waals surface area contributed by atoms with Crippen molar-refractivity contribution in [3.05, 3.63) is 23.3 Å². The topological polar surface area (TPSA) is 38.7 Å². The van der Waals surface area contributed by atoms with E-state index >= 15 is 0 Å². The van der Waals surface area contributed by atoms with E-state index < -0.39 is 6.10 Å². The van der Waals surface area contributed by atoms with Crippen LogP contribution >= 0.6 is 0 Å². The van der Waals surface area contributed by atoms with Gasteiger partial charge >= 0.3 is 0 Å². The van der Waals surface area contributed by atoms with Gasteiger partial charge < -0.3 is 14.6 Å². The number of fused-ring (bicyclic) bond motifs is 3. The molecule has 0 saturated carbocycles. The molecule has 0 bridgehead atoms. The number of benzene rings is 1. The Labute approximate surface area is 88.6 Å². The van der Waals surface area contributed by atoms with Crippen molar-refractivity contribution in [2.45, 2.75) is 32.0 Å².